The fourth-order valence-electron chi connectivity index (χ4n) is 5.09. The van der Waals surface area contributed by atoms with E-state index < -0.39 is 0 Å². The van der Waals surface area contributed by atoms with Crippen LogP contribution < -0.4 is 5.56 Å². The van der Waals surface area contributed by atoms with E-state index >= 15 is 0 Å². The molecule has 0 aromatic carbocycles. The average molecular weight is 446 g/mol. The van der Waals surface area contributed by atoms with E-state index in [9.17, 15) is 9.59 Å². The van der Waals surface area contributed by atoms with E-state index in [0.717, 1.165) is 103 Å². The molecule has 4 heterocycles. The molecule has 3 aliphatic heterocycles. The van der Waals surface area contributed by atoms with E-state index in [2.05, 4.69) is 23.6 Å². The van der Waals surface area contributed by atoms with Crippen molar-refractivity contribution in [1.82, 2.24) is 24.3 Å². The van der Waals surface area contributed by atoms with Crippen LogP contribution in [0.1, 0.15) is 57.0 Å². The lowest BCUT2D eigenvalue weighted by molar-refractivity contribution is -0.134. The maximum Gasteiger partial charge on any atom is 0.253 e. The number of hydrogen-bond donors (Lipinski definition) is 0. The number of likely N-dealkylation sites (tertiary alicyclic amines) is 1. The molecule has 1 amide bonds. The van der Waals surface area contributed by atoms with Crippen molar-refractivity contribution in [3.05, 3.63) is 27.9 Å². The lowest BCUT2D eigenvalue weighted by atomic mass is 10.0. The summed E-state index contributed by atoms with van der Waals surface area (Å²) in [6.07, 6.45) is 5.46. The van der Waals surface area contributed by atoms with E-state index in [1.165, 1.54) is 0 Å². The number of carbonyl (C=O) groups is 1. The molecule has 1 aromatic heterocycles. The molecule has 8 nitrogen and oxygen atoms in total. The van der Waals surface area contributed by atoms with Crippen molar-refractivity contribution in [1.29, 1.82) is 0 Å². The Morgan fingerprint density at radius 2 is 1.91 bits per heavy atom. The van der Waals surface area contributed by atoms with Gasteiger partial charge in [0.25, 0.3) is 5.56 Å². The number of ether oxygens (including phenoxy) is 1. The maximum atomic E-state index is 12.9. The highest BCUT2D eigenvalue weighted by molar-refractivity contribution is 5.78. The van der Waals surface area contributed by atoms with Gasteiger partial charge in [0.05, 0.1) is 24.9 Å². The van der Waals surface area contributed by atoms with Gasteiger partial charge in [-0.3, -0.25) is 24.0 Å². The van der Waals surface area contributed by atoms with Gasteiger partial charge in [0.1, 0.15) is 5.82 Å². The van der Waals surface area contributed by atoms with Crippen LogP contribution in [-0.2, 0) is 22.5 Å². The lowest BCUT2D eigenvalue weighted by Crippen LogP contribution is -2.51. The SMILES string of the molecule is CC(C)OCCN1CCN(C(=O)CN2CC[C@@H](c3cc(=O)n4c(n3)CCCCC4)C2)CC1. The van der Waals surface area contributed by atoms with Gasteiger partial charge in [-0.15, -0.1) is 0 Å². The molecule has 1 atom stereocenters. The lowest BCUT2D eigenvalue weighted by Gasteiger charge is -2.35. The molecule has 0 N–H and O–H groups in total. The second kappa shape index (κ2) is 10.9. The first-order valence-corrected chi connectivity index (χ1v) is 12.4. The van der Waals surface area contributed by atoms with Gasteiger partial charge >= 0.3 is 0 Å². The normalized spacial score (nSPS) is 22.8. The number of aryl methyl sites for hydroxylation is 1. The van der Waals surface area contributed by atoms with Gasteiger partial charge in [0, 0.05) is 64.2 Å². The number of rotatable bonds is 7. The first kappa shape index (κ1) is 23.4. The van der Waals surface area contributed by atoms with Crippen molar-refractivity contribution in [2.45, 2.75) is 64.5 Å². The number of carbonyl (C=O) groups excluding carboxylic acids is 1. The molecule has 178 valence electrons. The van der Waals surface area contributed by atoms with Crippen LogP contribution in [0.2, 0.25) is 0 Å². The standard InChI is InChI=1S/C24H39N5O3/c1-19(2)32-15-14-26-10-12-28(13-11-26)24(31)18-27-9-7-20(17-27)21-16-23(30)29-8-5-3-4-6-22(29)25-21/h16,19-20H,3-15,17-18H2,1-2H3/t20-/m1/s1. The Balaban J connectivity index is 1.25. The Morgan fingerprint density at radius 1 is 1.09 bits per heavy atom. The monoisotopic (exact) mass is 445 g/mol. The Hall–Kier alpha value is -1.77. The third kappa shape index (κ3) is 5.97. The zero-order valence-corrected chi connectivity index (χ0v) is 19.8. The first-order chi connectivity index (χ1) is 15.5. The molecule has 2 saturated heterocycles. The van der Waals surface area contributed by atoms with Gasteiger partial charge in [-0.2, -0.15) is 0 Å². The number of hydrogen-bond acceptors (Lipinski definition) is 6. The van der Waals surface area contributed by atoms with Gasteiger partial charge < -0.3 is 9.64 Å². The summed E-state index contributed by atoms with van der Waals surface area (Å²) in [5.41, 5.74) is 1.02. The predicted molar refractivity (Wildman–Crippen MR) is 124 cm³/mol. The summed E-state index contributed by atoms with van der Waals surface area (Å²) in [7, 11) is 0. The van der Waals surface area contributed by atoms with Crippen LogP contribution in [0.5, 0.6) is 0 Å². The summed E-state index contributed by atoms with van der Waals surface area (Å²) in [4.78, 5) is 37.0. The molecule has 1 aromatic rings. The molecule has 3 aliphatic rings. The van der Waals surface area contributed by atoms with Crippen LogP contribution in [0.3, 0.4) is 0 Å². The summed E-state index contributed by atoms with van der Waals surface area (Å²) in [6, 6.07) is 1.74. The van der Waals surface area contributed by atoms with Gasteiger partial charge in [-0.25, -0.2) is 4.98 Å². The first-order valence-electron chi connectivity index (χ1n) is 12.4. The number of aromatic nitrogens is 2. The molecule has 0 radical (unpaired) electrons. The molecule has 0 spiro atoms. The summed E-state index contributed by atoms with van der Waals surface area (Å²) < 4.78 is 7.51. The van der Waals surface area contributed by atoms with Gasteiger partial charge in [0.15, 0.2) is 0 Å². The maximum absolute atomic E-state index is 12.9. The second-order valence-corrected chi connectivity index (χ2v) is 9.76. The molecule has 0 saturated carbocycles. The zero-order chi connectivity index (χ0) is 22.5. The Kier molecular flexibility index (Phi) is 7.97. The minimum atomic E-state index is 0.0955. The van der Waals surface area contributed by atoms with Crippen molar-refractivity contribution in [2.24, 2.45) is 0 Å². The average Bonchev–Trinajstić information content (AvgIpc) is 3.09. The summed E-state index contributed by atoms with van der Waals surface area (Å²) >= 11 is 0. The van der Waals surface area contributed by atoms with Gasteiger partial charge in [0.2, 0.25) is 5.91 Å². The van der Waals surface area contributed by atoms with E-state index in [4.69, 9.17) is 9.72 Å². The van der Waals surface area contributed by atoms with Crippen molar-refractivity contribution in [2.75, 3.05) is 59.0 Å². The smallest absolute Gasteiger partial charge is 0.253 e. The zero-order valence-electron chi connectivity index (χ0n) is 19.8. The number of amides is 1. The number of nitrogens with zero attached hydrogens (tertiary/aromatic N) is 5. The largest absolute Gasteiger partial charge is 0.377 e. The highest BCUT2D eigenvalue weighted by Crippen LogP contribution is 2.26. The van der Waals surface area contributed by atoms with Crippen LogP contribution in [0.25, 0.3) is 0 Å². The predicted octanol–water partition coefficient (Wildman–Crippen LogP) is 1.33. The van der Waals surface area contributed by atoms with Crippen LogP contribution in [-0.4, -0.2) is 95.2 Å². The summed E-state index contributed by atoms with van der Waals surface area (Å²) in [5.74, 6) is 1.43. The molecule has 0 aliphatic carbocycles. The van der Waals surface area contributed by atoms with Gasteiger partial charge in [-0.1, -0.05) is 6.42 Å². The van der Waals surface area contributed by atoms with E-state index in [-0.39, 0.29) is 23.5 Å². The van der Waals surface area contributed by atoms with Crippen LogP contribution in [0, 0.1) is 0 Å². The quantitative estimate of drug-likeness (QED) is 0.631. The van der Waals surface area contributed by atoms with Gasteiger partial charge in [-0.05, 0) is 39.7 Å². The molecular weight excluding hydrogens is 406 g/mol. The number of fused-ring (bicyclic) bond motifs is 1. The van der Waals surface area contributed by atoms with Crippen LogP contribution >= 0.6 is 0 Å². The third-order valence-electron chi connectivity index (χ3n) is 7.02. The van der Waals surface area contributed by atoms with E-state index in [1.807, 2.05) is 9.47 Å². The van der Waals surface area contributed by atoms with Crippen molar-refractivity contribution in [3.8, 4) is 0 Å². The molecule has 32 heavy (non-hydrogen) atoms. The Morgan fingerprint density at radius 3 is 2.69 bits per heavy atom. The Labute approximate surface area is 191 Å². The highest BCUT2D eigenvalue weighted by atomic mass is 16.5. The second-order valence-electron chi connectivity index (χ2n) is 9.76. The van der Waals surface area contributed by atoms with E-state index in [0.29, 0.717) is 6.54 Å². The fourth-order valence-corrected chi connectivity index (χ4v) is 5.09. The molecule has 4 rings (SSSR count). The topological polar surface area (TPSA) is 70.9 Å². The van der Waals surface area contributed by atoms with Crippen LogP contribution in [0.15, 0.2) is 10.9 Å². The van der Waals surface area contributed by atoms with E-state index in [1.54, 1.807) is 6.07 Å². The summed E-state index contributed by atoms with van der Waals surface area (Å²) in [5, 5.41) is 0. The molecule has 0 unspecified atom stereocenters. The van der Waals surface area contributed by atoms with Crippen molar-refractivity contribution >= 4 is 5.91 Å². The van der Waals surface area contributed by atoms with Crippen molar-refractivity contribution < 1.29 is 9.53 Å². The minimum absolute atomic E-state index is 0.0955. The summed E-state index contributed by atoms with van der Waals surface area (Å²) in [6.45, 7) is 12.2. The highest BCUT2D eigenvalue weighted by Gasteiger charge is 2.29. The Bertz CT molecular complexity index is 831. The minimum Gasteiger partial charge on any atom is -0.377 e. The van der Waals surface area contributed by atoms with Crippen molar-refractivity contribution in [3.63, 3.8) is 0 Å². The fraction of sp³-hybridized carbons (Fsp3) is 0.792. The molecule has 2 fully saturated rings. The van der Waals surface area contributed by atoms with Crippen LogP contribution in [0.4, 0.5) is 0 Å². The molecule has 0 bridgehead atoms. The number of piperazine rings is 1. The molecule has 8 heteroatoms. The third-order valence-corrected chi connectivity index (χ3v) is 7.02. The molecular formula is C24H39N5O3.